The minimum absolute atomic E-state index is 0.0233. The summed E-state index contributed by atoms with van der Waals surface area (Å²) in [7, 11) is -3.91. The minimum atomic E-state index is -3.91. The van der Waals surface area contributed by atoms with Crippen LogP contribution in [0.4, 0.5) is 4.79 Å². The highest BCUT2D eigenvalue weighted by atomic mass is 32.2. The quantitative estimate of drug-likeness (QED) is 0.629. The fourth-order valence-electron chi connectivity index (χ4n) is 2.88. The van der Waals surface area contributed by atoms with Gasteiger partial charge < -0.3 is 10.6 Å². The average molecular weight is 379 g/mol. The molecule has 0 atom stereocenters. The van der Waals surface area contributed by atoms with E-state index in [9.17, 15) is 18.0 Å². The molecule has 0 bridgehead atoms. The van der Waals surface area contributed by atoms with E-state index >= 15 is 0 Å². The Bertz CT molecular complexity index is 738. The number of carbonyl (C=O) groups excluding carboxylic acids is 2. The summed E-state index contributed by atoms with van der Waals surface area (Å²) in [4.78, 5) is 23.1. The summed E-state index contributed by atoms with van der Waals surface area (Å²) in [6.45, 7) is 3.80. The normalized spacial score (nSPS) is 15.1. The molecule has 26 heavy (non-hydrogen) atoms. The number of carbonyl (C=O) groups is 2. The van der Waals surface area contributed by atoms with Crippen molar-refractivity contribution in [2.75, 3.05) is 6.54 Å². The minimum Gasteiger partial charge on any atom is -0.352 e. The van der Waals surface area contributed by atoms with Crippen molar-refractivity contribution in [1.29, 1.82) is 0 Å². The number of rotatable bonds is 7. The van der Waals surface area contributed by atoms with E-state index in [0.717, 1.165) is 37.7 Å². The van der Waals surface area contributed by atoms with Crippen LogP contribution < -0.4 is 15.4 Å². The zero-order chi connectivity index (χ0) is 19.0. The predicted molar refractivity (Wildman–Crippen MR) is 99.1 cm³/mol. The van der Waals surface area contributed by atoms with E-state index in [1.165, 1.54) is 18.2 Å². The van der Waals surface area contributed by atoms with E-state index in [1.807, 2.05) is 0 Å². The first-order chi connectivity index (χ1) is 12.4. The molecule has 0 aliphatic heterocycles. The molecule has 1 aromatic rings. The van der Waals surface area contributed by atoms with Gasteiger partial charge in [-0.2, -0.15) is 0 Å². The van der Waals surface area contributed by atoms with E-state index < -0.39 is 16.1 Å². The van der Waals surface area contributed by atoms with Gasteiger partial charge in [0.25, 0.3) is 10.0 Å². The van der Waals surface area contributed by atoms with E-state index in [4.69, 9.17) is 0 Å². The highest BCUT2D eigenvalue weighted by Crippen LogP contribution is 2.17. The standard InChI is InChI=1S/C18H25N3O4S/c1-2-17(22)19-13-12-14-8-10-16(11-9-14)26(24,25)21-18(23)20-15-6-4-3-5-7-15/h2,8-11,15H,1,3-7,12-13H2,(H,19,22)(H2,20,21,23). The van der Waals surface area contributed by atoms with Crippen molar-refractivity contribution in [2.24, 2.45) is 0 Å². The van der Waals surface area contributed by atoms with Crippen LogP contribution in [0.3, 0.4) is 0 Å². The molecular weight excluding hydrogens is 354 g/mol. The maximum absolute atomic E-state index is 12.3. The number of hydrogen-bond donors (Lipinski definition) is 3. The number of hydrogen-bond acceptors (Lipinski definition) is 4. The second-order valence-corrected chi connectivity index (χ2v) is 7.99. The molecule has 0 spiro atoms. The van der Waals surface area contributed by atoms with Crippen molar-refractivity contribution >= 4 is 22.0 Å². The number of sulfonamides is 1. The maximum atomic E-state index is 12.3. The molecule has 1 saturated carbocycles. The van der Waals surface area contributed by atoms with Gasteiger partial charge in [-0.1, -0.05) is 38.0 Å². The van der Waals surface area contributed by atoms with Crippen molar-refractivity contribution in [2.45, 2.75) is 49.5 Å². The second-order valence-electron chi connectivity index (χ2n) is 6.30. The van der Waals surface area contributed by atoms with Crippen LogP contribution in [0.15, 0.2) is 41.8 Å². The smallest absolute Gasteiger partial charge is 0.328 e. The maximum Gasteiger partial charge on any atom is 0.328 e. The SMILES string of the molecule is C=CC(=O)NCCc1ccc(S(=O)(=O)NC(=O)NC2CCCCC2)cc1. The van der Waals surface area contributed by atoms with Gasteiger partial charge in [0, 0.05) is 12.6 Å². The summed E-state index contributed by atoms with van der Waals surface area (Å²) in [6.07, 6.45) is 6.77. The number of benzene rings is 1. The van der Waals surface area contributed by atoms with Crippen LogP contribution in [0.5, 0.6) is 0 Å². The second kappa shape index (κ2) is 9.38. The summed E-state index contributed by atoms with van der Waals surface area (Å²) in [5.74, 6) is -0.252. The Morgan fingerprint density at radius 2 is 1.77 bits per heavy atom. The van der Waals surface area contributed by atoms with Crippen molar-refractivity contribution in [3.8, 4) is 0 Å². The summed E-state index contributed by atoms with van der Waals surface area (Å²) in [5.41, 5.74) is 0.875. The Labute approximate surface area is 154 Å². The largest absolute Gasteiger partial charge is 0.352 e. The summed E-state index contributed by atoms with van der Waals surface area (Å²) < 4.78 is 26.7. The third kappa shape index (κ3) is 6.18. The number of amides is 3. The highest BCUT2D eigenvalue weighted by Gasteiger charge is 2.21. The van der Waals surface area contributed by atoms with Crippen LogP contribution in [0.25, 0.3) is 0 Å². The molecule has 3 N–H and O–H groups in total. The third-order valence-corrected chi connectivity index (χ3v) is 5.65. The predicted octanol–water partition coefficient (Wildman–Crippen LogP) is 1.85. The van der Waals surface area contributed by atoms with Crippen LogP contribution in [-0.2, 0) is 21.2 Å². The highest BCUT2D eigenvalue weighted by molar-refractivity contribution is 7.90. The van der Waals surface area contributed by atoms with Gasteiger partial charge in [-0.15, -0.1) is 0 Å². The van der Waals surface area contributed by atoms with Gasteiger partial charge in [-0.25, -0.2) is 17.9 Å². The van der Waals surface area contributed by atoms with Gasteiger partial charge in [0.2, 0.25) is 5.91 Å². The van der Waals surface area contributed by atoms with Gasteiger partial charge >= 0.3 is 6.03 Å². The molecule has 142 valence electrons. The summed E-state index contributed by atoms with van der Waals surface area (Å²) in [5, 5.41) is 5.37. The first kappa shape index (κ1) is 20.0. The topological polar surface area (TPSA) is 104 Å². The molecule has 1 fully saturated rings. The lowest BCUT2D eigenvalue weighted by atomic mass is 9.96. The van der Waals surface area contributed by atoms with Gasteiger partial charge in [0.15, 0.2) is 0 Å². The van der Waals surface area contributed by atoms with Crippen LogP contribution >= 0.6 is 0 Å². The zero-order valence-electron chi connectivity index (χ0n) is 14.7. The monoisotopic (exact) mass is 379 g/mol. The van der Waals surface area contributed by atoms with Crippen LogP contribution in [0.1, 0.15) is 37.7 Å². The summed E-state index contributed by atoms with van der Waals surface area (Å²) >= 11 is 0. The van der Waals surface area contributed by atoms with E-state index in [2.05, 4.69) is 21.9 Å². The molecule has 1 aliphatic rings. The van der Waals surface area contributed by atoms with Gasteiger partial charge in [-0.05, 0) is 43.0 Å². The number of nitrogens with one attached hydrogen (secondary N) is 3. The molecule has 0 unspecified atom stereocenters. The van der Waals surface area contributed by atoms with E-state index in [-0.39, 0.29) is 16.8 Å². The molecular formula is C18H25N3O4S. The average Bonchev–Trinajstić information content (AvgIpc) is 2.62. The lowest BCUT2D eigenvalue weighted by molar-refractivity contribution is -0.116. The Morgan fingerprint density at radius 1 is 1.12 bits per heavy atom. The zero-order valence-corrected chi connectivity index (χ0v) is 15.5. The molecule has 1 aromatic carbocycles. The molecule has 7 nitrogen and oxygen atoms in total. The fourth-order valence-corrected chi connectivity index (χ4v) is 3.80. The molecule has 0 saturated heterocycles. The Kier molecular flexibility index (Phi) is 7.20. The van der Waals surface area contributed by atoms with Gasteiger partial charge in [0.1, 0.15) is 0 Å². The van der Waals surface area contributed by atoms with Crippen LogP contribution in [-0.4, -0.2) is 32.9 Å². The first-order valence-electron chi connectivity index (χ1n) is 8.73. The van der Waals surface area contributed by atoms with Gasteiger partial charge in [0.05, 0.1) is 4.90 Å². The third-order valence-electron chi connectivity index (χ3n) is 4.30. The lowest BCUT2D eigenvalue weighted by Crippen LogP contribution is -2.45. The van der Waals surface area contributed by atoms with E-state index in [1.54, 1.807) is 12.1 Å². The Balaban J connectivity index is 1.88. The molecule has 0 radical (unpaired) electrons. The molecule has 3 amide bonds. The van der Waals surface area contributed by atoms with Crippen molar-refractivity contribution in [3.63, 3.8) is 0 Å². The molecule has 8 heteroatoms. The van der Waals surface area contributed by atoms with Crippen LogP contribution in [0.2, 0.25) is 0 Å². The Hall–Kier alpha value is -2.35. The molecule has 2 rings (SSSR count). The van der Waals surface area contributed by atoms with Crippen molar-refractivity contribution in [1.82, 2.24) is 15.4 Å². The fraction of sp³-hybridized carbons (Fsp3) is 0.444. The van der Waals surface area contributed by atoms with Crippen molar-refractivity contribution < 1.29 is 18.0 Å². The number of urea groups is 1. The summed E-state index contributed by atoms with van der Waals surface area (Å²) in [6, 6.07) is 5.56. The van der Waals surface area contributed by atoms with Gasteiger partial charge in [-0.3, -0.25) is 4.79 Å². The van der Waals surface area contributed by atoms with Crippen LogP contribution in [0, 0.1) is 0 Å². The molecule has 1 aliphatic carbocycles. The molecule has 0 aromatic heterocycles. The molecule has 0 heterocycles. The Morgan fingerprint density at radius 3 is 2.38 bits per heavy atom. The van der Waals surface area contributed by atoms with E-state index in [0.29, 0.717) is 13.0 Å². The first-order valence-corrected chi connectivity index (χ1v) is 10.2. The lowest BCUT2D eigenvalue weighted by Gasteiger charge is -2.22. The van der Waals surface area contributed by atoms with Crippen molar-refractivity contribution in [3.05, 3.63) is 42.5 Å².